The van der Waals surface area contributed by atoms with Crippen LogP contribution in [0.1, 0.15) is 25.5 Å². The number of hydrogen-bond donors (Lipinski definition) is 2. The normalized spacial score (nSPS) is 19.9. The molecular weight excluding hydrogens is 278 g/mol. The van der Waals surface area contributed by atoms with Crippen molar-refractivity contribution in [3.8, 4) is 0 Å². The van der Waals surface area contributed by atoms with Gasteiger partial charge in [-0.1, -0.05) is 6.92 Å². The molecular formula is C13H23N3O3S. The molecule has 2 N–H and O–H groups in total. The number of aromatic nitrogens is 1. The van der Waals surface area contributed by atoms with Crippen molar-refractivity contribution in [2.24, 2.45) is 0 Å². The molecule has 1 aliphatic rings. The molecule has 0 aliphatic carbocycles. The number of ether oxygens (including phenoxy) is 1. The minimum atomic E-state index is -3.44. The molecule has 1 fully saturated rings. The van der Waals surface area contributed by atoms with Gasteiger partial charge in [0.2, 0.25) is 10.0 Å². The lowest BCUT2D eigenvalue weighted by molar-refractivity contribution is 0.0979. The van der Waals surface area contributed by atoms with Gasteiger partial charge in [-0.25, -0.2) is 8.42 Å². The van der Waals surface area contributed by atoms with Crippen molar-refractivity contribution in [1.29, 1.82) is 0 Å². The van der Waals surface area contributed by atoms with Crippen molar-refractivity contribution in [2.75, 3.05) is 26.7 Å². The van der Waals surface area contributed by atoms with E-state index in [2.05, 4.69) is 10.3 Å². The second-order valence-electron chi connectivity index (χ2n) is 5.06. The molecule has 2 heterocycles. The van der Waals surface area contributed by atoms with Gasteiger partial charge in [-0.3, -0.25) is 0 Å². The number of nitrogens with one attached hydrogen (secondary N) is 2. The highest BCUT2D eigenvalue weighted by atomic mass is 32.2. The summed E-state index contributed by atoms with van der Waals surface area (Å²) in [5, 5.41) is 3.16. The zero-order valence-electron chi connectivity index (χ0n) is 12.1. The number of hydrogen-bond acceptors (Lipinski definition) is 4. The lowest BCUT2D eigenvalue weighted by atomic mass is 10.2. The Morgan fingerprint density at radius 3 is 3.00 bits per heavy atom. The van der Waals surface area contributed by atoms with E-state index >= 15 is 0 Å². The number of nitrogens with zero attached hydrogens (tertiary/aromatic N) is 1. The van der Waals surface area contributed by atoms with E-state index in [1.807, 2.05) is 6.92 Å². The van der Waals surface area contributed by atoms with Crippen molar-refractivity contribution in [3.63, 3.8) is 0 Å². The summed E-state index contributed by atoms with van der Waals surface area (Å²) in [6.07, 6.45) is 3.51. The van der Waals surface area contributed by atoms with Gasteiger partial charge in [0.05, 0.1) is 11.0 Å². The van der Waals surface area contributed by atoms with Crippen LogP contribution in [-0.2, 0) is 21.3 Å². The summed E-state index contributed by atoms with van der Waals surface area (Å²) in [6.45, 7) is 4.64. The molecule has 2 rings (SSSR count). The number of sulfonamides is 1. The zero-order valence-corrected chi connectivity index (χ0v) is 12.9. The molecule has 1 saturated heterocycles. The number of H-pyrrole nitrogens is 1. The monoisotopic (exact) mass is 301 g/mol. The molecule has 0 saturated carbocycles. The molecule has 1 aromatic heterocycles. The minimum absolute atomic E-state index is 0.0231. The lowest BCUT2D eigenvalue weighted by Crippen LogP contribution is -2.33. The fraction of sp³-hybridized carbons (Fsp3) is 0.692. The molecule has 0 aromatic carbocycles. The smallest absolute Gasteiger partial charge is 0.244 e. The molecule has 0 spiro atoms. The van der Waals surface area contributed by atoms with Crippen LogP contribution in [0, 0.1) is 0 Å². The van der Waals surface area contributed by atoms with Crippen LogP contribution in [0.4, 0.5) is 0 Å². The summed E-state index contributed by atoms with van der Waals surface area (Å²) in [6, 6.07) is 1.68. The second-order valence-corrected chi connectivity index (χ2v) is 7.11. The van der Waals surface area contributed by atoms with Crippen LogP contribution >= 0.6 is 0 Å². The van der Waals surface area contributed by atoms with Gasteiger partial charge in [0, 0.05) is 38.6 Å². The van der Waals surface area contributed by atoms with Crippen molar-refractivity contribution in [2.45, 2.75) is 37.3 Å². The zero-order chi connectivity index (χ0) is 14.6. The maximum atomic E-state index is 12.4. The van der Waals surface area contributed by atoms with Gasteiger partial charge in [0.1, 0.15) is 0 Å². The van der Waals surface area contributed by atoms with Crippen LogP contribution in [0.15, 0.2) is 17.2 Å². The van der Waals surface area contributed by atoms with Gasteiger partial charge in [-0.2, -0.15) is 4.31 Å². The van der Waals surface area contributed by atoms with E-state index in [4.69, 9.17) is 4.74 Å². The predicted octanol–water partition coefficient (Wildman–Crippen LogP) is 0.924. The molecule has 0 bridgehead atoms. The molecule has 6 nitrogen and oxygen atoms in total. The Kier molecular flexibility index (Phi) is 5.20. The Bertz CT molecular complexity index is 521. The average Bonchev–Trinajstić information content (AvgIpc) is 3.07. The third-order valence-corrected chi connectivity index (χ3v) is 5.28. The van der Waals surface area contributed by atoms with E-state index in [0.717, 1.165) is 31.7 Å². The summed E-state index contributed by atoms with van der Waals surface area (Å²) >= 11 is 0. The SMILES string of the molecule is CCNCc1cc(S(=O)(=O)N(C)CC2CCCO2)c[nH]1. The Hall–Kier alpha value is -0.890. The Morgan fingerprint density at radius 2 is 2.35 bits per heavy atom. The summed E-state index contributed by atoms with van der Waals surface area (Å²) in [4.78, 5) is 3.31. The molecule has 1 unspecified atom stereocenters. The Labute approximate surface area is 120 Å². The van der Waals surface area contributed by atoms with Crippen LogP contribution in [-0.4, -0.2) is 50.6 Å². The number of aromatic amines is 1. The van der Waals surface area contributed by atoms with Gasteiger partial charge in [0.15, 0.2) is 0 Å². The summed E-state index contributed by atoms with van der Waals surface area (Å²) in [5.74, 6) is 0. The second kappa shape index (κ2) is 6.71. The predicted molar refractivity (Wildman–Crippen MR) is 77.0 cm³/mol. The topological polar surface area (TPSA) is 74.4 Å². The minimum Gasteiger partial charge on any atom is -0.377 e. The van der Waals surface area contributed by atoms with E-state index in [1.165, 1.54) is 4.31 Å². The Morgan fingerprint density at radius 1 is 1.55 bits per heavy atom. The van der Waals surface area contributed by atoms with Gasteiger partial charge in [-0.05, 0) is 25.5 Å². The first-order chi connectivity index (χ1) is 9.54. The first-order valence-corrected chi connectivity index (χ1v) is 8.44. The van der Waals surface area contributed by atoms with Gasteiger partial charge >= 0.3 is 0 Å². The highest BCUT2D eigenvalue weighted by Crippen LogP contribution is 2.19. The molecule has 0 amide bonds. The summed E-state index contributed by atoms with van der Waals surface area (Å²) < 4.78 is 31.7. The highest BCUT2D eigenvalue weighted by Gasteiger charge is 2.26. The van der Waals surface area contributed by atoms with E-state index in [1.54, 1.807) is 19.3 Å². The highest BCUT2D eigenvalue weighted by molar-refractivity contribution is 7.89. The lowest BCUT2D eigenvalue weighted by Gasteiger charge is -2.19. The largest absolute Gasteiger partial charge is 0.377 e. The quantitative estimate of drug-likeness (QED) is 0.785. The fourth-order valence-electron chi connectivity index (χ4n) is 2.28. The fourth-order valence-corrected chi connectivity index (χ4v) is 3.50. The van der Waals surface area contributed by atoms with Crippen molar-refractivity contribution in [1.82, 2.24) is 14.6 Å². The summed E-state index contributed by atoms with van der Waals surface area (Å²) in [7, 11) is -1.83. The summed E-state index contributed by atoms with van der Waals surface area (Å²) in [5.41, 5.74) is 0.871. The molecule has 20 heavy (non-hydrogen) atoms. The Balaban J connectivity index is 2.02. The molecule has 1 aromatic rings. The van der Waals surface area contributed by atoms with Gasteiger partial charge in [0.25, 0.3) is 0 Å². The van der Waals surface area contributed by atoms with Crippen molar-refractivity contribution < 1.29 is 13.2 Å². The third kappa shape index (κ3) is 3.60. The van der Waals surface area contributed by atoms with Gasteiger partial charge < -0.3 is 15.0 Å². The van der Waals surface area contributed by atoms with Crippen LogP contribution in [0.5, 0.6) is 0 Å². The van der Waals surface area contributed by atoms with E-state index in [0.29, 0.717) is 18.0 Å². The molecule has 114 valence electrons. The van der Waals surface area contributed by atoms with E-state index in [9.17, 15) is 8.42 Å². The molecule has 7 heteroatoms. The first-order valence-electron chi connectivity index (χ1n) is 7.00. The average molecular weight is 301 g/mol. The van der Waals surface area contributed by atoms with Crippen LogP contribution < -0.4 is 5.32 Å². The van der Waals surface area contributed by atoms with Gasteiger partial charge in [-0.15, -0.1) is 0 Å². The maximum Gasteiger partial charge on any atom is 0.244 e. The molecule has 1 atom stereocenters. The first kappa shape index (κ1) is 15.5. The van der Waals surface area contributed by atoms with E-state index in [-0.39, 0.29) is 6.10 Å². The van der Waals surface area contributed by atoms with E-state index < -0.39 is 10.0 Å². The number of rotatable bonds is 7. The number of likely N-dealkylation sites (N-methyl/N-ethyl adjacent to an activating group) is 1. The van der Waals surface area contributed by atoms with Crippen LogP contribution in [0.3, 0.4) is 0 Å². The molecule has 1 aliphatic heterocycles. The molecule has 0 radical (unpaired) electrons. The maximum absolute atomic E-state index is 12.4. The van der Waals surface area contributed by atoms with Crippen molar-refractivity contribution >= 4 is 10.0 Å². The van der Waals surface area contributed by atoms with Crippen molar-refractivity contribution in [3.05, 3.63) is 18.0 Å². The third-order valence-electron chi connectivity index (χ3n) is 3.47. The van der Waals surface area contributed by atoms with Crippen LogP contribution in [0.25, 0.3) is 0 Å². The standard InChI is InChI=1S/C13H23N3O3S/c1-3-14-8-11-7-13(9-15-11)20(17,18)16(2)10-12-5-4-6-19-12/h7,9,12,14-15H,3-6,8,10H2,1-2H3. The van der Waals surface area contributed by atoms with Crippen LogP contribution in [0.2, 0.25) is 0 Å².